The number of nitrogens with zero attached hydrogens (tertiary/aromatic N) is 1. The van der Waals surface area contributed by atoms with E-state index in [2.05, 4.69) is 61.0 Å². The fraction of sp³-hybridized carbons (Fsp3) is 0.360. The van der Waals surface area contributed by atoms with Crippen molar-refractivity contribution in [2.75, 3.05) is 20.8 Å². The molecule has 0 radical (unpaired) electrons. The zero-order valence-corrected chi connectivity index (χ0v) is 21.1. The maximum absolute atomic E-state index is 13.8. The van der Waals surface area contributed by atoms with Crippen molar-refractivity contribution < 1.29 is 13.6 Å². The summed E-state index contributed by atoms with van der Waals surface area (Å²) in [6.07, 6.45) is 6.76. The maximum atomic E-state index is 13.8. The van der Waals surface area contributed by atoms with E-state index in [-0.39, 0.29) is 0 Å². The summed E-state index contributed by atoms with van der Waals surface area (Å²) in [5.41, 5.74) is 4.39. The number of hydrogen-bond donors (Lipinski definition) is 0. The van der Waals surface area contributed by atoms with Crippen LogP contribution >= 0.6 is 7.60 Å². The number of benzene rings is 2. The van der Waals surface area contributed by atoms with Crippen LogP contribution in [0.3, 0.4) is 0 Å². The molecule has 1 aliphatic rings. The molecule has 1 heterocycles. The second kappa shape index (κ2) is 10.2. The van der Waals surface area contributed by atoms with Crippen LogP contribution in [0.25, 0.3) is 5.57 Å². The fourth-order valence-electron chi connectivity index (χ4n) is 3.92. The van der Waals surface area contributed by atoms with E-state index in [9.17, 15) is 4.57 Å². The summed E-state index contributed by atoms with van der Waals surface area (Å²) in [6, 6.07) is 19.6. The highest BCUT2D eigenvalue weighted by Gasteiger charge is 2.42. The molecule has 2 aromatic carbocycles. The van der Waals surface area contributed by atoms with Gasteiger partial charge in [-0.3, -0.25) is 9.46 Å². The topological polar surface area (TPSA) is 38.8 Å². The van der Waals surface area contributed by atoms with Gasteiger partial charge in [-0.15, -0.1) is 0 Å². The molecule has 0 saturated heterocycles. The van der Waals surface area contributed by atoms with Gasteiger partial charge in [-0.2, -0.15) is 0 Å². The molecule has 0 saturated carbocycles. The fourth-order valence-corrected chi connectivity index (χ4v) is 6.43. The van der Waals surface area contributed by atoms with Crippen molar-refractivity contribution in [1.82, 2.24) is 4.90 Å². The van der Waals surface area contributed by atoms with Crippen molar-refractivity contribution in [2.45, 2.75) is 38.0 Å². The Morgan fingerprint density at radius 1 is 1.03 bits per heavy atom. The van der Waals surface area contributed by atoms with E-state index in [1.165, 1.54) is 14.2 Å². The first-order chi connectivity index (χ1) is 14.8. The SMILES string of the molecule is COP(=O)(OC)C1c2ccccc2C(/C=C/C[Si](C)(C)C)=CCN1Cc1ccccc1. The third-order valence-electron chi connectivity index (χ3n) is 5.51. The lowest BCUT2D eigenvalue weighted by molar-refractivity contribution is 0.195. The van der Waals surface area contributed by atoms with Gasteiger partial charge in [0.2, 0.25) is 0 Å². The number of hydrogen-bond acceptors (Lipinski definition) is 4. The summed E-state index contributed by atoms with van der Waals surface area (Å²) in [4.78, 5) is 2.20. The van der Waals surface area contributed by atoms with E-state index in [4.69, 9.17) is 9.05 Å². The first kappa shape index (κ1) is 23.9. The van der Waals surface area contributed by atoms with Crippen LogP contribution in [0.2, 0.25) is 25.7 Å². The van der Waals surface area contributed by atoms with Gasteiger partial charge in [0.15, 0.2) is 0 Å². The maximum Gasteiger partial charge on any atom is 0.351 e. The van der Waals surface area contributed by atoms with Gasteiger partial charge in [0, 0.05) is 35.4 Å². The molecule has 0 aliphatic carbocycles. The van der Waals surface area contributed by atoms with Crippen LogP contribution in [0.4, 0.5) is 0 Å². The highest BCUT2D eigenvalue weighted by Crippen LogP contribution is 2.62. The van der Waals surface area contributed by atoms with Crippen molar-refractivity contribution in [3.63, 3.8) is 0 Å². The normalized spacial score (nSPS) is 18.0. The van der Waals surface area contributed by atoms with Gasteiger partial charge >= 0.3 is 7.60 Å². The standard InChI is InChI=1S/C25H34NO3PSi/c1-28-30(27,29-2)25-24-16-10-9-15-23(24)22(14-11-19-31(3,4)5)17-18-26(25)20-21-12-7-6-8-13-21/h6-17,25H,18-20H2,1-5H3/b14-11+. The van der Waals surface area contributed by atoms with Crippen LogP contribution in [-0.2, 0) is 20.2 Å². The average Bonchev–Trinajstić information content (AvgIpc) is 2.90. The summed E-state index contributed by atoms with van der Waals surface area (Å²) in [5.74, 6) is -0.488. The molecule has 166 valence electrons. The van der Waals surface area contributed by atoms with Gasteiger partial charge in [-0.1, -0.05) is 92.5 Å². The second-order valence-electron chi connectivity index (χ2n) is 9.11. The third-order valence-corrected chi connectivity index (χ3v) is 9.19. The van der Waals surface area contributed by atoms with Crippen molar-refractivity contribution in [2.24, 2.45) is 0 Å². The molecule has 0 amide bonds. The zero-order valence-electron chi connectivity index (χ0n) is 19.2. The first-order valence-corrected chi connectivity index (χ1v) is 16.0. The predicted octanol–water partition coefficient (Wildman–Crippen LogP) is 6.96. The van der Waals surface area contributed by atoms with Gasteiger partial charge in [0.05, 0.1) is 0 Å². The van der Waals surface area contributed by atoms with Crippen molar-refractivity contribution in [3.05, 3.63) is 89.5 Å². The van der Waals surface area contributed by atoms with E-state index >= 15 is 0 Å². The summed E-state index contributed by atoms with van der Waals surface area (Å²) < 4.78 is 24.8. The Hall–Kier alpha value is -1.75. The molecule has 0 N–H and O–H groups in total. The van der Waals surface area contributed by atoms with Gasteiger partial charge in [-0.25, -0.2) is 0 Å². The van der Waals surface area contributed by atoms with E-state index < -0.39 is 21.5 Å². The largest absolute Gasteiger partial charge is 0.351 e. The molecule has 2 aromatic rings. The van der Waals surface area contributed by atoms with Crippen LogP contribution < -0.4 is 0 Å². The summed E-state index contributed by atoms with van der Waals surface area (Å²) in [5, 5.41) is 0. The average molecular weight is 456 g/mol. The minimum atomic E-state index is -3.41. The van der Waals surface area contributed by atoms with Crippen molar-refractivity contribution in [1.29, 1.82) is 0 Å². The number of fused-ring (bicyclic) bond motifs is 1. The molecular weight excluding hydrogens is 421 g/mol. The molecule has 0 bridgehead atoms. The Morgan fingerprint density at radius 2 is 1.68 bits per heavy atom. The molecule has 1 unspecified atom stereocenters. The van der Waals surface area contributed by atoms with Crippen LogP contribution in [0.5, 0.6) is 0 Å². The number of rotatable bonds is 8. The Bertz CT molecular complexity index is 974. The van der Waals surface area contributed by atoms with Crippen LogP contribution in [-0.4, -0.2) is 33.7 Å². The van der Waals surface area contributed by atoms with E-state index in [1.807, 2.05) is 36.4 Å². The van der Waals surface area contributed by atoms with E-state index in [0.717, 1.165) is 28.3 Å². The van der Waals surface area contributed by atoms with Gasteiger partial charge < -0.3 is 9.05 Å². The quantitative estimate of drug-likeness (QED) is 0.318. The lowest BCUT2D eigenvalue weighted by atomic mass is 9.99. The van der Waals surface area contributed by atoms with Crippen molar-refractivity contribution in [3.8, 4) is 0 Å². The monoisotopic (exact) mass is 455 g/mol. The molecular formula is C25H34NO3PSi. The minimum Gasteiger partial charge on any atom is -0.311 e. The molecule has 3 rings (SSSR count). The van der Waals surface area contributed by atoms with Crippen LogP contribution in [0.1, 0.15) is 22.5 Å². The Morgan fingerprint density at radius 3 is 2.32 bits per heavy atom. The first-order valence-electron chi connectivity index (χ1n) is 10.7. The summed E-state index contributed by atoms with van der Waals surface area (Å²) in [6.45, 7) is 8.42. The Balaban J connectivity index is 2.08. The molecule has 1 atom stereocenters. The van der Waals surface area contributed by atoms with Crippen LogP contribution in [0.15, 0.2) is 72.8 Å². The lowest BCUT2D eigenvalue weighted by Crippen LogP contribution is -2.29. The zero-order chi connectivity index (χ0) is 22.5. The molecule has 1 aliphatic heterocycles. The predicted molar refractivity (Wildman–Crippen MR) is 133 cm³/mol. The second-order valence-corrected chi connectivity index (χ2v) is 16.9. The highest BCUT2D eigenvalue weighted by molar-refractivity contribution is 7.54. The summed E-state index contributed by atoms with van der Waals surface area (Å²) >= 11 is 0. The molecule has 31 heavy (non-hydrogen) atoms. The van der Waals surface area contributed by atoms with E-state index in [1.54, 1.807) is 0 Å². The third kappa shape index (κ3) is 5.94. The van der Waals surface area contributed by atoms with E-state index in [0.29, 0.717) is 13.1 Å². The molecule has 0 aromatic heterocycles. The summed E-state index contributed by atoms with van der Waals surface area (Å²) in [7, 11) is -1.64. The molecule has 0 spiro atoms. The van der Waals surface area contributed by atoms with Gasteiger partial charge in [0.25, 0.3) is 0 Å². The van der Waals surface area contributed by atoms with Gasteiger partial charge in [0.1, 0.15) is 5.78 Å². The van der Waals surface area contributed by atoms with Crippen molar-refractivity contribution >= 4 is 21.2 Å². The molecule has 6 heteroatoms. The molecule has 0 fully saturated rings. The Labute approximate surface area is 188 Å². The number of allylic oxidation sites excluding steroid dienone is 3. The smallest absolute Gasteiger partial charge is 0.311 e. The molecule has 4 nitrogen and oxygen atoms in total. The Kier molecular flexibility index (Phi) is 7.90. The minimum absolute atomic E-state index is 0.488. The van der Waals surface area contributed by atoms with Crippen LogP contribution in [0, 0.1) is 0 Å². The highest BCUT2D eigenvalue weighted by atomic mass is 31.2. The lowest BCUT2D eigenvalue weighted by Gasteiger charge is -2.34. The van der Waals surface area contributed by atoms with Gasteiger partial charge in [-0.05, 0) is 28.3 Å².